The lowest BCUT2D eigenvalue weighted by atomic mass is 9.89. The molecule has 1 saturated heterocycles. The van der Waals surface area contributed by atoms with Gasteiger partial charge in [-0.15, -0.1) is 10.2 Å². The Balaban J connectivity index is 1.46. The molecule has 2 aliphatic heterocycles. The second-order valence-corrected chi connectivity index (χ2v) is 7.77. The molecule has 0 spiro atoms. The maximum atomic E-state index is 12.4. The number of carbonyl (C=O) groups is 1. The number of carbonyl (C=O) groups excluding carboxylic acids is 1. The Bertz CT molecular complexity index is 833. The third-order valence-corrected chi connectivity index (χ3v) is 5.40. The summed E-state index contributed by atoms with van der Waals surface area (Å²) in [7, 11) is 1.66. The summed E-state index contributed by atoms with van der Waals surface area (Å²) >= 11 is 0. The molecule has 0 unspecified atom stereocenters. The summed E-state index contributed by atoms with van der Waals surface area (Å²) in [6.45, 7) is 7.53. The van der Waals surface area contributed by atoms with Gasteiger partial charge in [0, 0.05) is 50.4 Å². The van der Waals surface area contributed by atoms with E-state index in [0.717, 1.165) is 44.0 Å². The zero-order chi connectivity index (χ0) is 19.0. The molecule has 1 amide bonds. The number of methoxy groups -OCH3 is 1. The molecule has 144 valence electrons. The summed E-state index contributed by atoms with van der Waals surface area (Å²) in [5.74, 6) is 2.96. The van der Waals surface area contributed by atoms with Gasteiger partial charge in [-0.25, -0.2) is 4.98 Å². The van der Waals surface area contributed by atoms with Crippen molar-refractivity contribution in [2.45, 2.75) is 39.4 Å². The molecule has 1 fully saturated rings. The van der Waals surface area contributed by atoms with E-state index >= 15 is 0 Å². The van der Waals surface area contributed by atoms with Gasteiger partial charge in [-0.05, 0) is 31.7 Å². The molecule has 4 rings (SSSR count). The molecular weight excluding hydrogens is 344 g/mol. The molecule has 0 bridgehead atoms. The van der Waals surface area contributed by atoms with Crippen LogP contribution in [0.1, 0.15) is 35.9 Å². The van der Waals surface area contributed by atoms with Crippen molar-refractivity contribution in [2.75, 3.05) is 20.2 Å². The highest BCUT2D eigenvalue weighted by Gasteiger charge is 2.39. The molecule has 0 saturated carbocycles. The summed E-state index contributed by atoms with van der Waals surface area (Å²) in [6.07, 6.45) is 2.62. The lowest BCUT2D eigenvalue weighted by molar-refractivity contribution is 0.0924. The average Bonchev–Trinajstić information content (AvgIpc) is 3.22. The Labute approximate surface area is 158 Å². The summed E-state index contributed by atoms with van der Waals surface area (Å²) in [4.78, 5) is 19.1. The zero-order valence-corrected chi connectivity index (χ0v) is 16.1. The van der Waals surface area contributed by atoms with E-state index < -0.39 is 0 Å². The number of nitrogens with one attached hydrogen (secondary N) is 1. The van der Waals surface area contributed by atoms with E-state index in [2.05, 4.69) is 31.5 Å². The van der Waals surface area contributed by atoms with Crippen LogP contribution in [0.5, 0.6) is 5.88 Å². The first-order valence-corrected chi connectivity index (χ1v) is 9.48. The minimum Gasteiger partial charge on any atom is -0.481 e. The first-order chi connectivity index (χ1) is 13.0. The molecule has 0 aromatic carbocycles. The fraction of sp³-hybridized carbons (Fsp3) is 0.579. The number of likely N-dealkylation sites (tertiary alicyclic amines) is 1. The van der Waals surface area contributed by atoms with Crippen molar-refractivity contribution in [2.24, 2.45) is 11.8 Å². The van der Waals surface area contributed by atoms with E-state index in [1.165, 1.54) is 0 Å². The highest BCUT2D eigenvalue weighted by atomic mass is 16.5. The van der Waals surface area contributed by atoms with E-state index in [1.54, 1.807) is 13.3 Å². The van der Waals surface area contributed by atoms with Crippen molar-refractivity contribution < 1.29 is 9.53 Å². The van der Waals surface area contributed by atoms with E-state index in [1.807, 2.05) is 24.5 Å². The van der Waals surface area contributed by atoms with Gasteiger partial charge in [0.1, 0.15) is 5.82 Å². The molecule has 8 nitrogen and oxygen atoms in total. The number of pyridine rings is 1. The fourth-order valence-corrected chi connectivity index (χ4v) is 4.21. The normalized spacial score (nSPS) is 21.8. The monoisotopic (exact) mass is 370 g/mol. The Kier molecular flexibility index (Phi) is 4.82. The predicted octanol–water partition coefficient (Wildman–Crippen LogP) is 1.12. The number of fused-ring (bicyclic) bond motifs is 2. The first-order valence-electron chi connectivity index (χ1n) is 9.48. The Morgan fingerprint density at radius 3 is 2.89 bits per heavy atom. The molecule has 8 heteroatoms. The van der Waals surface area contributed by atoms with Crippen molar-refractivity contribution >= 4 is 5.91 Å². The molecule has 1 N–H and O–H groups in total. The number of hydrogen-bond donors (Lipinski definition) is 1. The van der Waals surface area contributed by atoms with E-state index in [-0.39, 0.29) is 11.9 Å². The standard InChI is InChI=1S/C19H26N6O2/c1-12(2)21-18(26)17-23-22-16-7-14-9-24(10-15(14)11-25(16)17)8-13-5-4-6-20-19(13)27-3/h4-6,12,14-15H,7-11H2,1-3H3,(H,21,26)/t14-,15-/m0/s1. The van der Waals surface area contributed by atoms with E-state index in [9.17, 15) is 4.79 Å². The predicted molar refractivity (Wildman–Crippen MR) is 99.4 cm³/mol. The summed E-state index contributed by atoms with van der Waals surface area (Å²) in [5, 5.41) is 11.4. The summed E-state index contributed by atoms with van der Waals surface area (Å²) < 4.78 is 7.39. The number of nitrogens with zero attached hydrogens (tertiary/aromatic N) is 5. The Morgan fingerprint density at radius 1 is 1.30 bits per heavy atom. The minimum atomic E-state index is -0.142. The fourth-order valence-electron chi connectivity index (χ4n) is 4.21. The third-order valence-electron chi connectivity index (χ3n) is 5.40. The number of hydrogen-bond acceptors (Lipinski definition) is 6. The summed E-state index contributed by atoms with van der Waals surface area (Å²) in [5.41, 5.74) is 1.11. The zero-order valence-electron chi connectivity index (χ0n) is 16.1. The smallest absolute Gasteiger partial charge is 0.289 e. The molecule has 2 aromatic heterocycles. The number of ether oxygens (including phenoxy) is 1. The van der Waals surface area contributed by atoms with Crippen LogP contribution in [0.25, 0.3) is 0 Å². The molecule has 4 heterocycles. The SMILES string of the molecule is COc1ncccc1CN1C[C@@H]2Cc3nnc(C(=O)NC(C)C)n3C[C@@H]2C1. The number of aromatic nitrogens is 4. The maximum absolute atomic E-state index is 12.4. The second-order valence-electron chi connectivity index (χ2n) is 7.77. The summed E-state index contributed by atoms with van der Waals surface area (Å²) in [6, 6.07) is 4.09. The molecule has 2 aliphatic rings. The Morgan fingerprint density at radius 2 is 2.11 bits per heavy atom. The quantitative estimate of drug-likeness (QED) is 0.849. The van der Waals surface area contributed by atoms with Crippen LogP contribution in [0.15, 0.2) is 18.3 Å². The van der Waals surface area contributed by atoms with Crippen molar-refractivity contribution in [3.8, 4) is 5.88 Å². The largest absolute Gasteiger partial charge is 0.481 e. The van der Waals surface area contributed by atoms with Gasteiger partial charge in [0.2, 0.25) is 11.7 Å². The molecule has 2 aromatic rings. The molecular formula is C19H26N6O2. The van der Waals surface area contributed by atoms with Gasteiger partial charge in [-0.1, -0.05) is 6.07 Å². The minimum absolute atomic E-state index is 0.0817. The van der Waals surface area contributed by atoms with Crippen LogP contribution in [0, 0.1) is 11.8 Å². The average molecular weight is 370 g/mol. The van der Waals surface area contributed by atoms with Gasteiger partial charge in [-0.2, -0.15) is 0 Å². The van der Waals surface area contributed by atoms with Crippen molar-refractivity contribution in [3.63, 3.8) is 0 Å². The van der Waals surface area contributed by atoms with Crippen molar-refractivity contribution in [1.82, 2.24) is 30.0 Å². The van der Waals surface area contributed by atoms with Gasteiger partial charge < -0.3 is 14.6 Å². The van der Waals surface area contributed by atoms with E-state index in [0.29, 0.717) is 23.5 Å². The van der Waals surface area contributed by atoms with Crippen LogP contribution >= 0.6 is 0 Å². The molecule has 27 heavy (non-hydrogen) atoms. The van der Waals surface area contributed by atoms with Gasteiger partial charge in [0.05, 0.1) is 7.11 Å². The van der Waals surface area contributed by atoms with Crippen LogP contribution in [-0.2, 0) is 19.5 Å². The number of amides is 1. The second kappa shape index (κ2) is 7.26. The highest BCUT2D eigenvalue weighted by molar-refractivity contribution is 5.90. The van der Waals surface area contributed by atoms with Crippen LogP contribution < -0.4 is 10.1 Å². The maximum Gasteiger partial charge on any atom is 0.289 e. The van der Waals surface area contributed by atoms with Gasteiger partial charge in [-0.3, -0.25) is 9.69 Å². The van der Waals surface area contributed by atoms with Gasteiger partial charge in [0.15, 0.2) is 0 Å². The van der Waals surface area contributed by atoms with Crippen molar-refractivity contribution in [3.05, 3.63) is 35.5 Å². The highest BCUT2D eigenvalue weighted by Crippen LogP contribution is 2.33. The number of rotatable bonds is 5. The topological polar surface area (TPSA) is 85.2 Å². The Hall–Kier alpha value is -2.48. The van der Waals surface area contributed by atoms with Crippen LogP contribution in [0.2, 0.25) is 0 Å². The lowest BCUT2D eigenvalue weighted by Gasteiger charge is -2.25. The van der Waals surface area contributed by atoms with Gasteiger partial charge >= 0.3 is 0 Å². The molecule has 2 atom stereocenters. The van der Waals surface area contributed by atoms with E-state index in [4.69, 9.17) is 4.74 Å². The van der Waals surface area contributed by atoms with Gasteiger partial charge in [0.25, 0.3) is 5.91 Å². The molecule has 0 aliphatic carbocycles. The van der Waals surface area contributed by atoms with Crippen LogP contribution in [0.3, 0.4) is 0 Å². The van der Waals surface area contributed by atoms with Crippen LogP contribution in [0.4, 0.5) is 0 Å². The molecule has 0 radical (unpaired) electrons. The lowest BCUT2D eigenvalue weighted by Crippen LogP contribution is -2.35. The first kappa shape index (κ1) is 17.9. The van der Waals surface area contributed by atoms with Crippen LogP contribution in [-0.4, -0.2) is 56.8 Å². The van der Waals surface area contributed by atoms with Crippen molar-refractivity contribution in [1.29, 1.82) is 0 Å². The third kappa shape index (κ3) is 3.53.